The Labute approximate surface area is 109 Å². The molecule has 0 spiro atoms. The average Bonchev–Trinajstić information content (AvgIpc) is 2.77. The fourth-order valence-corrected chi connectivity index (χ4v) is 1.99. The fourth-order valence-electron chi connectivity index (χ4n) is 1.99. The number of benzene rings is 1. The molecule has 1 fully saturated rings. The number of amidine groups is 1. The molecule has 102 valence electrons. The molecule has 1 saturated heterocycles. The lowest BCUT2D eigenvalue weighted by atomic mass is 10.1. The maximum Gasteiger partial charge on any atom is 0.254 e. The van der Waals surface area contributed by atoms with Crippen molar-refractivity contribution in [3.8, 4) is 0 Å². The van der Waals surface area contributed by atoms with Gasteiger partial charge in [-0.1, -0.05) is 17.3 Å². The van der Waals surface area contributed by atoms with Crippen molar-refractivity contribution in [2.45, 2.75) is 12.2 Å². The van der Waals surface area contributed by atoms with Gasteiger partial charge in [-0.15, -0.1) is 0 Å². The van der Waals surface area contributed by atoms with Crippen LogP contribution in [0.5, 0.6) is 0 Å². The van der Waals surface area contributed by atoms with Gasteiger partial charge < -0.3 is 26.1 Å². The van der Waals surface area contributed by atoms with Crippen molar-refractivity contribution in [1.29, 1.82) is 0 Å². The molecule has 1 aliphatic heterocycles. The van der Waals surface area contributed by atoms with Gasteiger partial charge in [-0.3, -0.25) is 4.79 Å². The molecule has 0 bridgehead atoms. The molecule has 0 saturated carbocycles. The number of nitrogens with two attached hydrogens (primary N) is 1. The third-order valence-corrected chi connectivity index (χ3v) is 3.06. The first kappa shape index (κ1) is 13.3. The number of nitrogens with zero attached hydrogens (tertiary/aromatic N) is 2. The van der Waals surface area contributed by atoms with Crippen molar-refractivity contribution >= 4 is 11.7 Å². The molecule has 2 atom stereocenters. The summed E-state index contributed by atoms with van der Waals surface area (Å²) >= 11 is 0. The molecular weight excluding hydrogens is 250 g/mol. The van der Waals surface area contributed by atoms with Gasteiger partial charge in [0.15, 0.2) is 5.84 Å². The van der Waals surface area contributed by atoms with E-state index in [9.17, 15) is 15.0 Å². The van der Waals surface area contributed by atoms with Gasteiger partial charge in [0.05, 0.1) is 12.2 Å². The van der Waals surface area contributed by atoms with Crippen molar-refractivity contribution in [3.63, 3.8) is 0 Å². The highest BCUT2D eigenvalue weighted by Crippen LogP contribution is 2.15. The predicted molar refractivity (Wildman–Crippen MR) is 66.9 cm³/mol. The Morgan fingerprint density at radius 1 is 1.26 bits per heavy atom. The van der Waals surface area contributed by atoms with Gasteiger partial charge in [0.1, 0.15) is 0 Å². The molecule has 1 amide bonds. The fraction of sp³-hybridized carbons (Fsp3) is 0.333. The van der Waals surface area contributed by atoms with Gasteiger partial charge in [-0.05, 0) is 12.1 Å². The first-order chi connectivity index (χ1) is 9.02. The molecule has 2 rings (SSSR count). The summed E-state index contributed by atoms with van der Waals surface area (Å²) in [5, 5.41) is 30.3. The number of aliphatic hydroxyl groups is 2. The number of hydrogen-bond acceptors (Lipinski definition) is 5. The normalized spacial score (nSPS) is 23.7. The first-order valence-corrected chi connectivity index (χ1v) is 5.76. The molecule has 7 heteroatoms. The van der Waals surface area contributed by atoms with Crippen molar-refractivity contribution in [1.82, 2.24) is 4.90 Å². The van der Waals surface area contributed by atoms with Crippen LogP contribution in [0.25, 0.3) is 0 Å². The topological polar surface area (TPSA) is 119 Å². The molecule has 0 aliphatic carbocycles. The van der Waals surface area contributed by atoms with Crippen LogP contribution in [0.15, 0.2) is 29.4 Å². The molecule has 1 heterocycles. The highest BCUT2D eigenvalue weighted by molar-refractivity contribution is 6.01. The molecular formula is C12H15N3O4. The number of aliphatic hydroxyl groups excluding tert-OH is 2. The Morgan fingerprint density at radius 2 is 1.84 bits per heavy atom. The summed E-state index contributed by atoms with van der Waals surface area (Å²) in [4.78, 5) is 13.5. The van der Waals surface area contributed by atoms with E-state index in [1.165, 1.54) is 11.0 Å². The van der Waals surface area contributed by atoms with Crippen LogP contribution in [0, 0.1) is 0 Å². The Hall–Kier alpha value is -2.12. The number of β-amino-alcohol motifs (C(OH)–C–C–N with tert-alkyl or cyclic N) is 2. The zero-order valence-corrected chi connectivity index (χ0v) is 10.1. The van der Waals surface area contributed by atoms with Gasteiger partial charge in [0.2, 0.25) is 0 Å². The molecule has 0 radical (unpaired) electrons. The van der Waals surface area contributed by atoms with E-state index in [0.717, 1.165) is 0 Å². The number of oxime groups is 1. The molecule has 0 aromatic heterocycles. The number of hydrogen-bond donors (Lipinski definition) is 4. The number of amides is 1. The van der Waals surface area contributed by atoms with Crippen LogP contribution in [-0.2, 0) is 0 Å². The maximum atomic E-state index is 12.2. The van der Waals surface area contributed by atoms with Gasteiger partial charge in [0, 0.05) is 24.2 Å². The van der Waals surface area contributed by atoms with Gasteiger partial charge in [0.25, 0.3) is 5.91 Å². The van der Waals surface area contributed by atoms with Crippen molar-refractivity contribution in [2.75, 3.05) is 13.1 Å². The third kappa shape index (κ3) is 2.67. The summed E-state index contributed by atoms with van der Waals surface area (Å²) < 4.78 is 0. The largest absolute Gasteiger partial charge is 0.409 e. The van der Waals surface area contributed by atoms with Crippen LogP contribution in [-0.4, -0.2) is 57.4 Å². The lowest BCUT2D eigenvalue weighted by Crippen LogP contribution is -2.30. The minimum atomic E-state index is -0.920. The second-order valence-electron chi connectivity index (χ2n) is 4.41. The van der Waals surface area contributed by atoms with E-state index in [0.29, 0.717) is 11.1 Å². The minimum absolute atomic E-state index is 0.0869. The monoisotopic (exact) mass is 265 g/mol. The maximum absolute atomic E-state index is 12.2. The van der Waals surface area contributed by atoms with Crippen molar-refractivity contribution in [3.05, 3.63) is 35.4 Å². The molecule has 1 aromatic rings. The second-order valence-corrected chi connectivity index (χ2v) is 4.41. The van der Waals surface area contributed by atoms with Crippen LogP contribution >= 0.6 is 0 Å². The van der Waals surface area contributed by atoms with Crippen molar-refractivity contribution < 1.29 is 20.2 Å². The average molecular weight is 265 g/mol. The van der Waals surface area contributed by atoms with Crippen molar-refractivity contribution in [2.24, 2.45) is 10.9 Å². The van der Waals surface area contributed by atoms with E-state index in [1.54, 1.807) is 18.2 Å². The van der Waals surface area contributed by atoms with Crippen LogP contribution in [0.2, 0.25) is 0 Å². The summed E-state index contributed by atoms with van der Waals surface area (Å²) in [7, 11) is 0. The quantitative estimate of drug-likeness (QED) is 0.236. The SMILES string of the molecule is N/C(=N/O)c1cccc(C(=O)N2CC(O)C(O)C2)c1. The predicted octanol–water partition coefficient (Wildman–Crippen LogP) is -1.04. The summed E-state index contributed by atoms with van der Waals surface area (Å²) in [5.74, 6) is -0.403. The van der Waals surface area contributed by atoms with E-state index in [4.69, 9.17) is 10.9 Å². The zero-order chi connectivity index (χ0) is 14.0. The van der Waals surface area contributed by atoms with Crippen LogP contribution in [0.1, 0.15) is 15.9 Å². The molecule has 19 heavy (non-hydrogen) atoms. The van der Waals surface area contributed by atoms with Crippen LogP contribution in [0.4, 0.5) is 0 Å². The van der Waals surface area contributed by atoms with Gasteiger partial charge >= 0.3 is 0 Å². The summed E-state index contributed by atoms with van der Waals surface area (Å²) in [6, 6.07) is 6.31. The van der Waals surface area contributed by atoms with E-state index in [1.807, 2.05) is 0 Å². The summed E-state index contributed by atoms with van der Waals surface area (Å²) in [5.41, 5.74) is 6.23. The number of carbonyl (C=O) groups is 1. The molecule has 1 aliphatic rings. The first-order valence-electron chi connectivity index (χ1n) is 5.76. The second kappa shape index (κ2) is 5.25. The van der Waals surface area contributed by atoms with E-state index >= 15 is 0 Å². The van der Waals surface area contributed by atoms with E-state index in [-0.39, 0.29) is 24.8 Å². The Bertz CT molecular complexity index is 507. The van der Waals surface area contributed by atoms with Crippen LogP contribution < -0.4 is 5.73 Å². The standard InChI is InChI=1S/C12H15N3O4/c13-11(14-19)7-2-1-3-8(4-7)12(18)15-5-9(16)10(17)6-15/h1-4,9-10,16-17,19H,5-6H2,(H2,13,14). The van der Waals surface area contributed by atoms with E-state index in [2.05, 4.69) is 5.16 Å². The lowest BCUT2D eigenvalue weighted by Gasteiger charge is -2.15. The Morgan fingerprint density at radius 3 is 2.42 bits per heavy atom. The van der Waals surface area contributed by atoms with Gasteiger partial charge in [-0.25, -0.2) is 0 Å². The highest BCUT2D eigenvalue weighted by Gasteiger charge is 2.32. The number of likely N-dealkylation sites (tertiary alicyclic amines) is 1. The molecule has 1 aromatic carbocycles. The van der Waals surface area contributed by atoms with Gasteiger partial charge in [-0.2, -0.15) is 0 Å². The molecule has 5 N–H and O–H groups in total. The lowest BCUT2D eigenvalue weighted by molar-refractivity contribution is 0.0572. The van der Waals surface area contributed by atoms with E-state index < -0.39 is 12.2 Å². The molecule has 7 nitrogen and oxygen atoms in total. The number of carbonyl (C=O) groups excluding carboxylic acids is 1. The minimum Gasteiger partial charge on any atom is -0.409 e. The zero-order valence-electron chi connectivity index (χ0n) is 10.1. The Balaban J connectivity index is 2.20. The Kier molecular flexibility index (Phi) is 3.68. The van der Waals surface area contributed by atoms with Crippen LogP contribution in [0.3, 0.4) is 0 Å². The number of rotatable bonds is 2. The third-order valence-electron chi connectivity index (χ3n) is 3.06. The summed E-state index contributed by atoms with van der Waals surface area (Å²) in [6.07, 6.45) is -1.84. The smallest absolute Gasteiger partial charge is 0.254 e. The molecule has 2 unspecified atom stereocenters. The highest BCUT2D eigenvalue weighted by atomic mass is 16.4. The summed E-state index contributed by atoms with van der Waals surface area (Å²) in [6.45, 7) is 0.182.